The van der Waals surface area contributed by atoms with Gasteiger partial charge in [-0.1, -0.05) is 6.07 Å². The lowest BCUT2D eigenvalue weighted by Crippen LogP contribution is -2.41. The number of amides is 1. The van der Waals surface area contributed by atoms with Crippen molar-refractivity contribution >= 4 is 62.7 Å². The van der Waals surface area contributed by atoms with Gasteiger partial charge in [0.15, 0.2) is 0 Å². The second-order valence-electron chi connectivity index (χ2n) is 10.3. The molecular formula is C29H27FIN5O4S. The number of aryl methyl sites for hydroxylation is 1. The van der Waals surface area contributed by atoms with Gasteiger partial charge in [-0.15, -0.1) is 0 Å². The van der Waals surface area contributed by atoms with E-state index in [1.165, 1.54) is 32.9 Å². The maximum absolute atomic E-state index is 14.9. The van der Waals surface area contributed by atoms with Gasteiger partial charge in [-0.25, -0.2) is 9.18 Å². The van der Waals surface area contributed by atoms with Crippen molar-refractivity contribution in [2.75, 3.05) is 29.9 Å². The fourth-order valence-electron chi connectivity index (χ4n) is 5.30. The smallest absolute Gasteiger partial charge is 0.336 e. The normalized spacial score (nSPS) is 15.4. The molecule has 2 aromatic heterocycles. The largest absolute Gasteiger partial charge is 0.338 e. The van der Waals surface area contributed by atoms with Crippen molar-refractivity contribution in [2.45, 2.75) is 25.8 Å². The van der Waals surface area contributed by atoms with Crippen molar-refractivity contribution in [2.24, 2.45) is 7.05 Å². The van der Waals surface area contributed by atoms with Crippen LogP contribution >= 0.6 is 34.4 Å². The lowest BCUT2D eigenvalue weighted by Gasteiger charge is -2.26. The van der Waals surface area contributed by atoms with E-state index < -0.39 is 22.6 Å². The highest BCUT2D eigenvalue weighted by Crippen LogP contribution is 2.34. The van der Waals surface area contributed by atoms with Crippen molar-refractivity contribution < 1.29 is 9.18 Å². The van der Waals surface area contributed by atoms with Crippen LogP contribution in [0.2, 0.25) is 0 Å². The van der Waals surface area contributed by atoms with Gasteiger partial charge in [0, 0.05) is 52.4 Å². The highest BCUT2D eigenvalue weighted by Gasteiger charge is 2.32. The topological polar surface area (TPSA) is 98.3 Å². The number of carbonyl (C=O) groups excluding carboxylic acids is 1. The number of halogens is 2. The van der Waals surface area contributed by atoms with Crippen LogP contribution in [0.25, 0.3) is 16.6 Å². The van der Waals surface area contributed by atoms with Crippen molar-refractivity contribution in [1.29, 1.82) is 0 Å². The third kappa shape index (κ3) is 4.90. The Balaban J connectivity index is 1.63. The zero-order valence-corrected chi connectivity index (χ0v) is 25.4. The Morgan fingerprint density at radius 2 is 1.78 bits per heavy atom. The first-order chi connectivity index (χ1) is 19.7. The zero-order valence-electron chi connectivity index (χ0n) is 22.4. The number of carbonyl (C=O) groups is 1. The molecular weight excluding hydrogens is 660 g/mol. The first-order valence-electron chi connectivity index (χ1n) is 13.3. The molecule has 41 heavy (non-hydrogen) atoms. The fourth-order valence-corrected chi connectivity index (χ4v) is 6.66. The predicted octanol–water partition coefficient (Wildman–Crippen LogP) is 4.17. The Morgan fingerprint density at radius 3 is 2.46 bits per heavy atom. The lowest BCUT2D eigenvalue weighted by molar-refractivity contribution is 0.0772. The van der Waals surface area contributed by atoms with Crippen LogP contribution in [0, 0.1) is 16.3 Å². The highest BCUT2D eigenvalue weighted by molar-refractivity contribution is 14.1. The summed E-state index contributed by atoms with van der Waals surface area (Å²) >= 11 is 3.80. The Labute approximate surface area is 252 Å². The van der Waals surface area contributed by atoms with Gasteiger partial charge in [0.2, 0.25) is 0 Å². The van der Waals surface area contributed by atoms with E-state index in [0.29, 0.717) is 40.8 Å². The minimum absolute atomic E-state index is 0.0851. The Kier molecular flexibility index (Phi) is 7.30. The minimum Gasteiger partial charge on any atom is -0.338 e. The third-order valence-electron chi connectivity index (χ3n) is 7.59. The SMILES string of the molecule is Cc1c(=O)n(C)c(Nc2ccc(I)cc2F)c2c(=O)n(C3CC3)c(=O)n(-c3cccc(C(=O)N4CCSCC4)c3)c12. The van der Waals surface area contributed by atoms with E-state index >= 15 is 0 Å². The summed E-state index contributed by atoms with van der Waals surface area (Å²) in [6.07, 6.45) is 1.34. The molecule has 3 heterocycles. The van der Waals surface area contributed by atoms with Crippen LogP contribution < -0.4 is 22.1 Å². The number of benzene rings is 2. The molecule has 2 aliphatic rings. The molecule has 4 aromatic rings. The molecule has 12 heteroatoms. The second kappa shape index (κ2) is 10.8. The Bertz CT molecular complexity index is 1910. The summed E-state index contributed by atoms with van der Waals surface area (Å²) in [4.78, 5) is 56.6. The van der Waals surface area contributed by atoms with Crippen LogP contribution in [-0.4, -0.2) is 49.1 Å². The molecule has 0 atom stereocenters. The lowest BCUT2D eigenvalue weighted by atomic mass is 10.1. The summed E-state index contributed by atoms with van der Waals surface area (Å²) < 4.78 is 19.5. The van der Waals surface area contributed by atoms with Gasteiger partial charge >= 0.3 is 5.69 Å². The summed E-state index contributed by atoms with van der Waals surface area (Å²) in [5, 5.41) is 3.07. The molecule has 1 amide bonds. The van der Waals surface area contributed by atoms with Gasteiger partial charge in [-0.05, 0) is 78.8 Å². The standard InChI is InChI=1S/C29H27FIN5O4S/c1-16-24-23(25(33(2)26(16)37)32-22-9-6-18(31)15-21(22)30)28(39)36(19-7-8-19)29(40)35(24)20-5-3-4-17(14-20)27(38)34-10-12-41-13-11-34/h3-6,9,14-15,19,32H,7-8,10-13H2,1-2H3. The molecule has 1 N–H and O–H groups in total. The van der Waals surface area contributed by atoms with Crippen LogP contribution in [-0.2, 0) is 7.05 Å². The Hall–Kier alpha value is -3.39. The number of fused-ring (bicyclic) bond motifs is 1. The number of pyridine rings is 1. The summed E-state index contributed by atoms with van der Waals surface area (Å²) in [7, 11) is 1.51. The summed E-state index contributed by atoms with van der Waals surface area (Å²) in [5.74, 6) is 1.13. The van der Waals surface area contributed by atoms with Gasteiger partial charge in [0.1, 0.15) is 17.0 Å². The maximum Gasteiger partial charge on any atom is 0.336 e. The first kappa shape index (κ1) is 27.8. The van der Waals surface area contributed by atoms with Crippen LogP contribution in [0.4, 0.5) is 15.9 Å². The molecule has 9 nitrogen and oxygen atoms in total. The van der Waals surface area contributed by atoms with Crippen molar-refractivity contribution in [3.05, 3.63) is 94.2 Å². The van der Waals surface area contributed by atoms with Gasteiger partial charge in [-0.2, -0.15) is 11.8 Å². The molecule has 0 bridgehead atoms. The van der Waals surface area contributed by atoms with E-state index in [2.05, 4.69) is 5.32 Å². The number of aromatic nitrogens is 3. The zero-order chi connectivity index (χ0) is 29.0. The van der Waals surface area contributed by atoms with Crippen molar-refractivity contribution in [1.82, 2.24) is 18.6 Å². The molecule has 1 aliphatic carbocycles. The van der Waals surface area contributed by atoms with Gasteiger partial charge in [-0.3, -0.25) is 28.1 Å². The number of nitrogens with zero attached hydrogens (tertiary/aromatic N) is 4. The number of anilines is 2. The average Bonchev–Trinajstić information content (AvgIpc) is 3.80. The van der Waals surface area contributed by atoms with Gasteiger partial charge in [0.05, 0.1) is 16.9 Å². The summed E-state index contributed by atoms with van der Waals surface area (Å²) in [5.41, 5.74) is -0.367. The van der Waals surface area contributed by atoms with Crippen LogP contribution in [0.15, 0.2) is 56.8 Å². The molecule has 2 aromatic carbocycles. The number of rotatable bonds is 5. The van der Waals surface area contributed by atoms with Crippen molar-refractivity contribution in [3.8, 4) is 5.69 Å². The van der Waals surface area contributed by atoms with Crippen LogP contribution in [0.3, 0.4) is 0 Å². The average molecular weight is 688 g/mol. The molecule has 1 saturated heterocycles. The molecule has 6 rings (SSSR count). The quantitative estimate of drug-likeness (QED) is 0.317. The maximum atomic E-state index is 14.9. The second-order valence-corrected chi connectivity index (χ2v) is 12.8. The van der Waals surface area contributed by atoms with E-state index in [9.17, 15) is 23.6 Å². The molecule has 212 valence electrons. The number of nitrogens with one attached hydrogen (secondary N) is 1. The van der Waals surface area contributed by atoms with E-state index in [0.717, 1.165) is 11.5 Å². The summed E-state index contributed by atoms with van der Waals surface area (Å²) in [6, 6.07) is 11.0. The Morgan fingerprint density at radius 1 is 1.05 bits per heavy atom. The molecule has 0 radical (unpaired) electrons. The minimum atomic E-state index is -0.577. The monoisotopic (exact) mass is 687 g/mol. The van der Waals surface area contributed by atoms with Crippen LogP contribution in [0.5, 0.6) is 0 Å². The van der Waals surface area contributed by atoms with E-state index in [-0.39, 0.29) is 39.9 Å². The van der Waals surface area contributed by atoms with Gasteiger partial charge in [0.25, 0.3) is 17.0 Å². The van der Waals surface area contributed by atoms with E-state index in [1.807, 2.05) is 22.6 Å². The molecule has 1 aliphatic heterocycles. The van der Waals surface area contributed by atoms with E-state index in [4.69, 9.17) is 0 Å². The van der Waals surface area contributed by atoms with Crippen LogP contribution in [0.1, 0.15) is 34.8 Å². The number of hydrogen-bond donors (Lipinski definition) is 1. The highest BCUT2D eigenvalue weighted by atomic mass is 127. The number of thioether (sulfide) groups is 1. The molecule has 1 saturated carbocycles. The first-order valence-corrected chi connectivity index (χ1v) is 15.5. The molecule has 0 spiro atoms. The van der Waals surface area contributed by atoms with Gasteiger partial charge < -0.3 is 10.2 Å². The third-order valence-corrected chi connectivity index (χ3v) is 9.20. The fraction of sp³-hybridized carbons (Fsp3) is 0.310. The van der Waals surface area contributed by atoms with E-state index in [1.54, 1.807) is 53.9 Å². The summed E-state index contributed by atoms with van der Waals surface area (Å²) in [6.45, 7) is 2.85. The number of hydrogen-bond acceptors (Lipinski definition) is 6. The molecule has 2 fully saturated rings. The van der Waals surface area contributed by atoms with Crippen molar-refractivity contribution in [3.63, 3.8) is 0 Å². The molecule has 0 unspecified atom stereocenters. The predicted molar refractivity (Wildman–Crippen MR) is 168 cm³/mol.